The highest BCUT2D eigenvalue weighted by molar-refractivity contribution is 6.07. The number of pyridine rings is 1. The van der Waals surface area contributed by atoms with E-state index in [1.54, 1.807) is 4.68 Å². The Bertz CT molecular complexity index is 1550. The summed E-state index contributed by atoms with van der Waals surface area (Å²) >= 11 is 0. The number of aromatic amines is 1. The molecule has 0 bridgehead atoms. The van der Waals surface area contributed by atoms with Crippen LogP contribution in [0.25, 0.3) is 22.2 Å². The van der Waals surface area contributed by atoms with Gasteiger partial charge in [0.2, 0.25) is 5.95 Å². The minimum atomic E-state index is -0.294. The summed E-state index contributed by atoms with van der Waals surface area (Å²) in [4.78, 5) is 24.6. The lowest BCUT2D eigenvalue weighted by molar-refractivity contribution is -0.113. The van der Waals surface area contributed by atoms with Crippen LogP contribution in [0.5, 0.6) is 0 Å². The molecule has 2 aliphatic rings. The minimum Gasteiger partial charge on any atom is -0.354 e. The summed E-state index contributed by atoms with van der Waals surface area (Å²) in [6.07, 6.45) is 1.84. The van der Waals surface area contributed by atoms with Crippen LogP contribution in [0.1, 0.15) is 26.8 Å². The Morgan fingerprint density at radius 1 is 1.13 bits per heavy atom. The summed E-state index contributed by atoms with van der Waals surface area (Å²) in [6.45, 7) is 8.93. The van der Waals surface area contributed by atoms with Crippen molar-refractivity contribution in [1.29, 1.82) is 0 Å². The molecule has 1 aromatic carbocycles. The number of anilines is 3. The van der Waals surface area contributed by atoms with Crippen LogP contribution in [-0.2, 0) is 4.79 Å². The van der Waals surface area contributed by atoms with Gasteiger partial charge in [0.1, 0.15) is 11.5 Å². The van der Waals surface area contributed by atoms with Crippen LogP contribution in [0.3, 0.4) is 0 Å². The summed E-state index contributed by atoms with van der Waals surface area (Å²) in [5.41, 5.74) is 4.80. The Balaban J connectivity index is 1.28. The van der Waals surface area contributed by atoms with Crippen LogP contribution in [0.2, 0.25) is 0 Å². The number of nitrogens with zero attached hydrogens (tertiary/aromatic N) is 9. The van der Waals surface area contributed by atoms with Gasteiger partial charge in [0.15, 0.2) is 0 Å². The van der Waals surface area contributed by atoms with Crippen LogP contribution in [-0.4, -0.2) is 86.0 Å². The van der Waals surface area contributed by atoms with E-state index >= 15 is 0 Å². The third kappa shape index (κ3) is 3.97. The molecule has 196 valence electrons. The lowest BCUT2D eigenvalue weighted by Gasteiger charge is -2.38. The zero-order valence-corrected chi connectivity index (χ0v) is 22.2. The van der Waals surface area contributed by atoms with Crippen molar-refractivity contribution in [2.45, 2.75) is 32.9 Å². The van der Waals surface area contributed by atoms with Crippen molar-refractivity contribution < 1.29 is 4.79 Å². The smallest absolute Gasteiger partial charge is 0.255 e. The second-order valence-corrected chi connectivity index (χ2v) is 10.1. The number of piperazine rings is 1. The summed E-state index contributed by atoms with van der Waals surface area (Å²) in [5, 5.41) is 23.6. The number of tetrazole rings is 1. The lowest BCUT2D eigenvalue weighted by atomic mass is 10.0. The molecule has 5 heterocycles. The Kier molecular flexibility index (Phi) is 5.83. The SMILES string of the molecule is CC1=C(C(=O)Nc2ccc3[nH]nc(-c4ccnc(N5CCN(C)[C@@H](C)C5)c4)c3c2)C(C)n2nnnc2N1C. The van der Waals surface area contributed by atoms with Gasteiger partial charge in [-0.1, -0.05) is 5.10 Å². The molecule has 2 N–H and O–H groups in total. The van der Waals surface area contributed by atoms with Crippen molar-refractivity contribution in [2.75, 3.05) is 48.8 Å². The van der Waals surface area contributed by atoms with Crippen molar-refractivity contribution in [3.63, 3.8) is 0 Å². The number of fused-ring (bicyclic) bond motifs is 2. The molecule has 0 aliphatic carbocycles. The van der Waals surface area contributed by atoms with Gasteiger partial charge in [-0.25, -0.2) is 9.67 Å². The number of H-pyrrole nitrogens is 1. The van der Waals surface area contributed by atoms with Crippen LogP contribution in [0, 0.1) is 0 Å². The second kappa shape index (κ2) is 9.21. The number of carbonyl (C=O) groups is 1. The number of carbonyl (C=O) groups excluding carboxylic acids is 1. The van der Waals surface area contributed by atoms with Gasteiger partial charge < -0.3 is 20.0 Å². The quantitative estimate of drug-likeness (QED) is 0.424. The van der Waals surface area contributed by atoms with E-state index in [1.165, 1.54) is 0 Å². The van der Waals surface area contributed by atoms with E-state index in [-0.39, 0.29) is 11.9 Å². The molecule has 0 saturated carbocycles. The van der Waals surface area contributed by atoms with Crippen molar-refractivity contribution in [3.8, 4) is 11.3 Å². The third-order valence-corrected chi connectivity index (χ3v) is 7.82. The monoisotopic (exact) mass is 513 g/mol. The van der Waals surface area contributed by atoms with Gasteiger partial charge in [-0.3, -0.25) is 9.89 Å². The first-order valence-corrected chi connectivity index (χ1v) is 12.7. The molecule has 12 nitrogen and oxygen atoms in total. The van der Waals surface area contributed by atoms with Gasteiger partial charge in [0.05, 0.1) is 17.1 Å². The van der Waals surface area contributed by atoms with Gasteiger partial charge in [-0.15, -0.1) is 0 Å². The maximum Gasteiger partial charge on any atom is 0.255 e. The number of likely N-dealkylation sites (N-methyl/N-ethyl adjacent to an activating group) is 1. The molecular formula is C26H31N11O. The highest BCUT2D eigenvalue weighted by Gasteiger charge is 2.32. The largest absolute Gasteiger partial charge is 0.354 e. The molecule has 2 aliphatic heterocycles. The third-order valence-electron chi connectivity index (χ3n) is 7.82. The molecule has 1 unspecified atom stereocenters. The molecule has 2 atom stereocenters. The molecular weight excluding hydrogens is 482 g/mol. The fourth-order valence-electron chi connectivity index (χ4n) is 5.28. The maximum atomic E-state index is 13.4. The topological polar surface area (TPSA) is 124 Å². The van der Waals surface area contributed by atoms with Crippen molar-refractivity contribution in [2.24, 2.45) is 0 Å². The number of nitrogens with one attached hydrogen (secondary N) is 2. The molecule has 0 radical (unpaired) electrons. The fraction of sp³-hybridized carbons (Fsp3) is 0.385. The van der Waals surface area contributed by atoms with Gasteiger partial charge >= 0.3 is 0 Å². The zero-order valence-electron chi connectivity index (χ0n) is 22.2. The van der Waals surface area contributed by atoms with Gasteiger partial charge in [0, 0.05) is 61.3 Å². The number of benzene rings is 1. The van der Waals surface area contributed by atoms with Crippen LogP contribution in [0.4, 0.5) is 17.5 Å². The van der Waals surface area contributed by atoms with E-state index in [1.807, 2.05) is 56.3 Å². The molecule has 38 heavy (non-hydrogen) atoms. The highest BCUT2D eigenvalue weighted by Crippen LogP contribution is 2.34. The Morgan fingerprint density at radius 2 is 1.97 bits per heavy atom. The van der Waals surface area contributed by atoms with Gasteiger partial charge in [-0.2, -0.15) is 5.10 Å². The molecule has 1 saturated heterocycles. The first-order valence-electron chi connectivity index (χ1n) is 12.7. The molecule has 12 heteroatoms. The van der Waals surface area contributed by atoms with E-state index in [2.05, 4.69) is 65.9 Å². The van der Waals surface area contributed by atoms with E-state index in [0.29, 0.717) is 23.3 Å². The Labute approximate surface area is 220 Å². The van der Waals surface area contributed by atoms with Gasteiger partial charge in [-0.05, 0) is 68.6 Å². The van der Waals surface area contributed by atoms with E-state index in [0.717, 1.165) is 53.3 Å². The molecule has 1 amide bonds. The Hall–Kier alpha value is -4.32. The average Bonchev–Trinajstić information content (AvgIpc) is 3.57. The number of amides is 1. The normalized spacial score (nSPS) is 20.2. The molecule has 3 aromatic heterocycles. The molecule has 6 rings (SSSR count). The number of hydrogen-bond acceptors (Lipinski definition) is 9. The predicted octanol–water partition coefficient (Wildman–Crippen LogP) is 2.68. The first kappa shape index (κ1) is 24.0. The van der Waals surface area contributed by atoms with Crippen molar-refractivity contribution >= 4 is 34.3 Å². The minimum absolute atomic E-state index is 0.192. The summed E-state index contributed by atoms with van der Waals surface area (Å²) < 4.78 is 1.65. The van der Waals surface area contributed by atoms with E-state index in [4.69, 9.17) is 0 Å². The van der Waals surface area contributed by atoms with Crippen LogP contribution in [0.15, 0.2) is 47.8 Å². The maximum absolute atomic E-state index is 13.4. The van der Waals surface area contributed by atoms with Crippen molar-refractivity contribution in [1.82, 2.24) is 40.3 Å². The predicted molar refractivity (Wildman–Crippen MR) is 146 cm³/mol. The van der Waals surface area contributed by atoms with E-state index in [9.17, 15) is 4.79 Å². The van der Waals surface area contributed by atoms with Crippen LogP contribution < -0.4 is 15.1 Å². The number of allylic oxidation sites excluding steroid dienone is 1. The zero-order chi connectivity index (χ0) is 26.6. The number of rotatable bonds is 4. The highest BCUT2D eigenvalue weighted by atomic mass is 16.1. The molecule has 1 fully saturated rings. The summed E-state index contributed by atoms with van der Waals surface area (Å²) in [6, 6.07) is 10.0. The van der Waals surface area contributed by atoms with Crippen LogP contribution >= 0.6 is 0 Å². The first-order chi connectivity index (χ1) is 18.3. The van der Waals surface area contributed by atoms with E-state index < -0.39 is 0 Å². The second-order valence-electron chi connectivity index (χ2n) is 10.1. The Morgan fingerprint density at radius 3 is 2.79 bits per heavy atom. The standard InChI is InChI=1S/C26H31N11O/c1-15-14-36(11-10-34(15)4)22-12-18(8-9-27-22)24-20-13-19(6-7-21(20)29-30-24)28-25(38)23-16(2)35(5)26-31-32-33-37(26)17(23)3/h6-9,12-13,15,17H,10-11,14H2,1-5H3,(H,28,38)(H,29,30)/t15-,17?/m0/s1. The molecule has 0 spiro atoms. The lowest BCUT2D eigenvalue weighted by Crippen LogP contribution is -2.50. The fourth-order valence-corrected chi connectivity index (χ4v) is 5.28. The van der Waals surface area contributed by atoms with Crippen molar-refractivity contribution in [3.05, 3.63) is 47.8 Å². The number of hydrogen-bond donors (Lipinski definition) is 2. The van der Waals surface area contributed by atoms with Gasteiger partial charge in [0.25, 0.3) is 5.91 Å². The average molecular weight is 514 g/mol. The summed E-state index contributed by atoms with van der Waals surface area (Å²) in [5.74, 6) is 1.37. The summed E-state index contributed by atoms with van der Waals surface area (Å²) in [7, 11) is 4.01. The number of aromatic nitrogens is 7. The molecule has 4 aromatic rings.